The van der Waals surface area contributed by atoms with Crippen LogP contribution in [0.25, 0.3) is 0 Å². The van der Waals surface area contributed by atoms with E-state index in [1.807, 2.05) is 0 Å². The van der Waals surface area contributed by atoms with Crippen molar-refractivity contribution in [3.8, 4) is 5.88 Å². The number of nitrogens with zero attached hydrogens (tertiary/aromatic N) is 2. The predicted molar refractivity (Wildman–Crippen MR) is 72.9 cm³/mol. The number of pyridine rings is 1. The second-order valence-corrected chi connectivity index (χ2v) is 4.97. The van der Waals surface area contributed by atoms with Crippen molar-refractivity contribution in [2.75, 3.05) is 40.0 Å². The van der Waals surface area contributed by atoms with Gasteiger partial charge >= 0.3 is 6.18 Å². The molecule has 0 radical (unpaired) electrons. The van der Waals surface area contributed by atoms with Crippen molar-refractivity contribution in [2.24, 2.45) is 0 Å². The number of hydrogen-bond donors (Lipinski definition) is 0. The van der Waals surface area contributed by atoms with Gasteiger partial charge in [-0.3, -0.25) is 4.79 Å². The summed E-state index contributed by atoms with van der Waals surface area (Å²) in [6.45, 7) is 1.19. The van der Waals surface area contributed by atoms with Crippen molar-refractivity contribution in [1.29, 1.82) is 0 Å². The fourth-order valence-corrected chi connectivity index (χ4v) is 2.08. The van der Waals surface area contributed by atoms with Gasteiger partial charge in [0.25, 0.3) is 0 Å². The highest BCUT2D eigenvalue weighted by Gasteiger charge is 2.31. The molecule has 0 saturated carbocycles. The van der Waals surface area contributed by atoms with Crippen molar-refractivity contribution in [3.63, 3.8) is 0 Å². The number of hydrogen-bond acceptors (Lipinski definition) is 5. The minimum atomic E-state index is -4.44. The third kappa shape index (κ3) is 5.07. The molecule has 2 rings (SSSR count). The van der Waals surface area contributed by atoms with Crippen LogP contribution in [0.4, 0.5) is 13.2 Å². The van der Waals surface area contributed by atoms with Crippen molar-refractivity contribution in [3.05, 3.63) is 23.9 Å². The lowest BCUT2D eigenvalue weighted by Gasteiger charge is -2.23. The molecule has 0 unspecified atom stereocenters. The van der Waals surface area contributed by atoms with Crippen LogP contribution in [0.15, 0.2) is 18.3 Å². The Morgan fingerprint density at radius 2 is 2.26 bits per heavy atom. The second-order valence-electron chi connectivity index (χ2n) is 4.97. The molecule has 1 aliphatic heterocycles. The van der Waals surface area contributed by atoms with E-state index in [0.717, 1.165) is 12.1 Å². The lowest BCUT2D eigenvalue weighted by Crippen LogP contribution is -2.41. The molecule has 1 aromatic rings. The van der Waals surface area contributed by atoms with E-state index in [1.165, 1.54) is 12.0 Å². The van der Waals surface area contributed by atoms with E-state index in [4.69, 9.17) is 14.2 Å². The molecule has 1 aliphatic rings. The van der Waals surface area contributed by atoms with E-state index in [-0.39, 0.29) is 31.5 Å². The molecule has 128 valence electrons. The van der Waals surface area contributed by atoms with Crippen molar-refractivity contribution in [2.45, 2.75) is 12.3 Å². The van der Waals surface area contributed by atoms with Gasteiger partial charge in [0.15, 0.2) is 0 Å². The highest BCUT2D eigenvalue weighted by molar-refractivity contribution is 5.77. The summed E-state index contributed by atoms with van der Waals surface area (Å²) < 4.78 is 53.1. The summed E-state index contributed by atoms with van der Waals surface area (Å²) in [5.74, 6) is -0.153. The molecule has 23 heavy (non-hydrogen) atoms. The monoisotopic (exact) mass is 334 g/mol. The molecule has 6 nitrogen and oxygen atoms in total. The SMILES string of the molecule is COCC(=O)N1CCOC[C@H](Oc2ccc(C(F)(F)F)cn2)C1. The summed E-state index contributed by atoms with van der Waals surface area (Å²) in [5, 5.41) is 0. The first-order valence-corrected chi connectivity index (χ1v) is 6.94. The van der Waals surface area contributed by atoms with Crippen LogP contribution in [0.5, 0.6) is 5.88 Å². The number of halogens is 3. The quantitative estimate of drug-likeness (QED) is 0.832. The molecule has 1 atom stereocenters. The topological polar surface area (TPSA) is 60.9 Å². The third-order valence-electron chi connectivity index (χ3n) is 3.20. The molecule has 0 bridgehead atoms. The van der Waals surface area contributed by atoms with Crippen LogP contribution in [0.1, 0.15) is 5.56 Å². The molecule has 2 heterocycles. The number of aromatic nitrogens is 1. The number of carbonyl (C=O) groups excluding carboxylic acids is 1. The Hall–Kier alpha value is -1.87. The van der Waals surface area contributed by atoms with Gasteiger partial charge in [0, 0.05) is 25.9 Å². The van der Waals surface area contributed by atoms with Gasteiger partial charge in [-0.1, -0.05) is 0 Å². The van der Waals surface area contributed by atoms with Gasteiger partial charge in [-0.05, 0) is 6.07 Å². The Labute approximate surface area is 131 Å². The number of amides is 1. The molecule has 0 N–H and O–H groups in total. The zero-order valence-corrected chi connectivity index (χ0v) is 12.5. The van der Waals surface area contributed by atoms with E-state index in [9.17, 15) is 18.0 Å². The zero-order valence-electron chi connectivity index (χ0n) is 12.5. The lowest BCUT2D eigenvalue weighted by atomic mass is 10.3. The summed E-state index contributed by atoms with van der Waals surface area (Å²) in [5.41, 5.74) is -0.848. The van der Waals surface area contributed by atoms with E-state index >= 15 is 0 Å². The molecule has 1 amide bonds. The molecule has 1 fully saturated rings. The third-order valence-corrected chi connectivity index (χ3v) is 3.20. The molecule has 0 aliphatic carbocycles. The van der Waals surface area contributed by atoms with Gasteiger partial charge in [-0.25, -0.2) is 4.98 Å². The van der Waals surface area contributed by atoms with Gasteiger partial charge in [0.05, 0.1) is 25.3 Å². The van der Waals surface area contributed by atoms with Crippen molar-refractivity contribution in [1.82, 2.24) is 9.88 Å². The van der Waals surface area contributed by atoms with Crippen LogP contribution in [0, 0.1) is 0 Å². The normalized spacial score (nSPS) is 19.3. The van der Waals surface area contributed by atoms with Crippen LogP contribution >= 0.6 is 0 Å². The Morgan fingerprint density at radius 1 is 1.48 bits per heavy atom. The van der Waals surface area contributed by atoms with Crippen LogP contribution < -0.4 is 4.74 Å². The summed E-state index contributed by atoms with van der Waals surface area (Å²) in [4.78, 5) is 17.0. The number of rotatable bonds is 4. The Bertz CT molecular complexity index is 522. The van der Waals surface area contributed by atoms with Gasteiger partial charge in [-0.15, -0.1) is 0 Å². The van der Waals surface area contributed by atoms with E-state index in [2.05, 4.69) is 4.98 Å². The summed E-state index contributed by atoms with van der Waals surface area (Å²) in [6.07, 6.45) is -4.25. The van der Waals surface area contributed by atoms with E-state index in [0.29, 0.717) is 19.3 Å². The fourth-order valence-electron chi connectivity index (χ4n) is 2.08. The maximum Gasteiger partial charge on any atom is 0.417 e. The summed E-state index contributed by atoms with van der Waals surface area (Å²) in [7, 11) is 1.42. The molecule has 1 saturated heterocycles. The van der Waals surface area contributed by atoms with Crippen LogP contribution in [0.2, 0.25) is 0 Å². The molecular weight excluding hydrogens is 317 g/mol. The largest absolute Gasteiger partial charge is 0.470 e. The Kier molecular flexibility index (Phi) is 5.78. The lowest BCUT2D eigenvalue weighted by molar-refractivity contribution is -0.138. The van der Waals surface area contributed by atoms with E-state index in [1.54, 1.807) is 0 Å². The maximum absolute atomic E-state index is 12.5. The van der Waals surface area contributed by atoms with Gasteiger partial charge in [0.2, 0.25) is 11.8 Å². The zero-order chi connectivity index (χ0) is 16.9. The molecule has 0 spiro atoms. The maximum atomic E-state index is 12.5. The highest BCUT2D eigenvalue weighted by atomic mass is 19.4. The second kappa shape index (κ2) is 7.60. The van der Waals surface area contributed by atoms with Crippen LogP contribution in [-0.2, 0) is 20.4 Å². The predicted octanol–water partition coefficient (Wildman–Crippen LogP) is 1.35. The number of ether oxygens (including phenoxy) is 3. The average Bonchev–Trinajstić information content (AvgIpc) is 2.73. The summed E-state index contributed by atoms with van der Waals surface area (Å²) >= 11 is 0. The van der Waals surface area contributed by atoms with Crippen LogP contribution in [-0.4, -0.2) is 61.9 Å². The minimum Gasteiger partial charge on any atom is -0.470 e. The number of carbonyl (C=O) groups is 1. The summed E-state index contributed by atoms with van der Waals surface area (Å²) in [6, 6.07) is 2.04. The molecular formula is C14H17F3N2O4. The highest BCUT2D eigenvalue weighted by Crippen LogP contribution is 2.29. The Balaban J connectivity index is 1.99. The molecule has 9 heteroatoms. The molecule has 1 aromatic heterocycles. The molecule has 0 aromatic carbocycles. The first kappa shape index (κ1) is 17.5. The van der Waals surface area contributed by atoms with Gasteiger partial charge in [-0.2, -0.15) is 13.2 Å². The average molecular weight is 334 g/mol. The van der Waals surface area contributed by atoms with Crippen LogP contribution in [0.3, 0.4) is 0 Å². The minimum absolute atomic E-state index is 0.0487. The number of alkyl halides is 3. The Morgan fingerprint density at radius 3 is 2.87 bits per heavy atom. The van der Waals surface area contributed by atoms with Crippen molar-refractivity contribution < 1.29 is 32.2 Å². The first-order valence-electron chi connectivity index (χ1n) is 6.94. The smallest absolute Gasteiger partial charge is 0.417 e. The fraction of sp³-hybridized carbons (Fsp3) is 0.571. The van der Waals surface area contributed by atoms with Gasteiger partial charge < -0.3 is 19.1 Å². The standard InChI is InChI=1S/C14H17F3N2O4/c1-21-9-13(20)19-4-5-22-8-11(7-19)23-12-3-2-10(6-18-12)14(15,16)17/h2-3,6,11H,4-5,7-9H2,1H3/t11-/m1/s1. The first-order chi connectivity index (χ1) is 10.9. The van der Waals surface area contributed by atoms with E-state index < -0.39 is 17.8 Å². The van der Waals surface area contributed by atoms with Gasteiger partial charge in [0.1, 0.15) is 12.7 Å². The number of methoxy groups -OCH3 is 1. The van der Waals surface area contributed by atoms with Crippen molar-refractivity contribution >= 4 is 5.91 Å².